The van der Waals surface area contributed by atoms with E-state index in [0.29, 0.717) is 11.4 Å². The molecule has 0 atom stereocenters. The molecule has 21 heavy (non-hydrogen) atoms. The molecule has 110 valence electrons. The van der Waals surface area contributed by atoms with Crippen molar-refractivity contribution in [3.8, 4) is 5.69 Å². The fraction of sp³-hybridized carbons (Fsp3) is 0.154. The summed E-state index contributed by atoms with van der Waals surface area (Å²) in [6.07, 6.45) is -4.42. The number of hydrogen-bond acceptors (Lipinski definition) is 3. The minimum absolute atomic E-state index is 0.250. The third-order valence-electron chi connectivity index (χ3n) is 2.80. The van der Waals surface area contributed by atoms with Gasteiger partial charge in [-0.15, -0.1) is 0 Å². The lowest BCUT2D eigenvalue weighted by Gasteiger charge is -2.12. The molecule has 0 aliphatic carbocycles. The maximum Gasteiger partial charge on any atom is 0.416 e. The van der Waals surface area contributed by atoms with Gasteiger partial charge >= 0.3 is 6.18 Å². The van der Waals surface area contributed by atoms with E-state index in [9.17, 15) is 18.0 Å². The van der Waals surface area contributed by atoms with Crippen molar-refractivity contribution >= 4 is 5.84 Å². The number of rotatable bonds is 2. The molecule has 0 bridgehead atoms. The van der Waals surface area contributed by atoms with Gasteiger partial charge in [-0.3, -0.25) is 10.2 Å². The van der Waals surface area contributed by atoms with Crippen LogP contribution in [0.2, 0.25) is 0 Å². The fourth-order valence-corrected chi connectivity index (χ4v) is 1.79. The Hall–Kier alpha value is -2.64. The highest BCUT2D eigenvalue weighted by Gasteiger charge is 2.30. The van der Waals surface area contributed by atoms with E-state index in [-0.39, 0.29) is 5.69 Å². The lowest BCUT2D eigenvalue weighted by Crippen LogP contribution is -2.27. The van der Waals surface area contributed by atoms with Gasteiger partial charge in [-0.2, -0.15) is 18.3 Å². The highest BCUT2D eigenvalue weighted by molar-refractivity contribution is 5.92. The zero-order valence-electron chi connectivity index (χ0n) is 10.9. The van der Waals surface area contributed by atoms with Crippen LogP contribution in [0.1, 0.15) is 17.0 Å². The van der Waals surface area contributed by atoms with Crippen LogP contribution in [0.5, 0.6) is 0 Å². The number of benzene rings is 1. The number of nitrogens with one attached hydrogen (secondary N) is 1. The fourth-order valence-electron chi connectivity index (χ4n) is 1.79. The molecule has 0 aliphatic rings. The molecular weight excluding hydrogens is 285 g/mol. The third kappa shape index (κ3) is 2.93. The number of halogens is 3. The van der Waals surface area contributed by atoms with Crippen molar-refractivity contribution < 1.29 is 13.2 Å². The van der Waals surface area contributed by atoms with E-state index < -0.39 is 23.0 Å². The van der Waals surface area contributed by atoms with Gasteiger partial charge < -0.3 is 5.73 Å². The predicted octanol–water partition coefficient (Wildman–Crippen LogP) is 1.84. The zero-order valence-corrected chi connectivity index (χ0v) is 10.9. The van der Waals surface area contributed by atoms with Crippen LogP contribution in [-0.4, -0.2) is 15.6 Å². The number of aromatic nitrogens is 2. The third-order valence-corrected chi connectivity index (χ3v) is 2.80. The van der Waals surface area contributed by atoms with Gasteiger partial charge in [-0.1, -0.05) is 0 Å². The number of nitrogens with zero attached hydrogens (tertiary/aromatic N) is 2. The molecule has 0 amide bonds. The van der Waals surface area contributed by atoms with E-state index in [0.717, 1.165) is 12.1 Å². The molecule has 1 heterocycles. The molecule has 1 aromatic heterocycles. The second-order valence-electron chi connectivity index (χ2n) is 4.37. The van der Waals surface area contributed by atoms with Gasteiger partial charge in [-0.25, -0.2) is 4.68 Å². The molecule has 3 N–H and O–H groups in total. The van der Waals surface area contributed by atoms with Crippen molar-refractivity contribution in [2.75, 3.05) is 0 Å². The van der Waals surface area contributed by atoms with Crippen LogP contribution >= 0.6 is 0 Å². The minimum Gasteiger partial charge on any atom is -0.382 e. The summed E-state index contributed by atoms with van der Waals surface area (Å²) in [5.74, 6) is -0.499. The maximum absolute atomic E-state index is 12.5. The van der Waals surface area contributed by atoms with Gasteiger partial charge in [0.1, 0.15) is 5.84 Å². The average Bonchev–Trinajstić information content (AvgIpc) is 2.37. The summed E-state index contributed by atoms with van der Waals surface area (Å²) in [6.45, 7) is 1.58. The molecule has 8 heteroatoms. The molecule has 0 spiro atoms. The van der Waals surface area contributed by atoms with Crippen molar-refractivity contribution in [1.29, 1.82) is 5.41 Å². The zero-order chi connectivity index (χ0) is 15.8. The molecule has 0 saturated heterocycles. The van der Waals surface area contributed by atoms with Crippen molar-refractivity contribution in [1.82, 2.24) is 9.78 Å². The molecule has 0 unspecified atom stereocenters. The van der Waals surface area contributed by atoms with Crippen LogP contribution in [0.15, 0.2) is 35.1 Å². The predicted molar refractivity (Wildman–Crippen MR) is 70.6 cm³/mol. The van der Waals surface area contributed by atoms with Crippen molar-refractivity contribution in [3.05, 3.63) is 57.5 Å². The largest absolute Gasteiger partial charge is 0.416 e. The first-order chi connectivity index (χ1) is 9.70. The molecular formula is C13H11F3N4O. The van der Waals surface area contributed by atoms with Gasteiger partial charge in [0.2, 0.25) is 5.43 Å². The van der Waals surface area contributed by atoms with Crippen LogP contribution in [0.3, 0.4) is 0 Å². The summed E-state index contributed by atoms with van der Waals surface area (Å²) < 4.78 is 38.8. The maximum atomic E-state index is 12.5. The Balaban J connectivity index is 2.54. The summed E-state index contributed by atoms with van der Waals surface area (Å²) in [7, 11) is 0. The minimum atomic E-state index is -4.42. The Bertz CT molecular complexity index is 747. The Morgan fingerprint density at radius 3 is 2.33 bits per heavy atom. The molecule has 0 radical (unpaired) electrons. The van der Waals surface area contributed by atoms with E-state index in [4.69, 9.17) is 11.1 Å². The van der Waals surface area contributed by atoms with E-state index in [1.165, 1.54) is 22.9 Å². The molecule has 1 aromatic carbocycles. The molecule has 2 aromatic rings. The van der Waals surface area contributed by atoms with Crippen molar-refractivity contribution in [2.24, 2.45) is 5.73 Å². The highest BCUT2D eigenvalue weighted by Crippen LogP contribution is 2.29. The number of aryl methyl sites for hydroxylation is 1. The molecule has 5 nitrogen and oxygen atoms in total. The second-order valence-corrected chi connectivity index (χ2v) is 4.37. The average molecular weight is 296 g/mol. The first-order valence-electron chi connectivity index (χ1n) is 5.83. The van der Waals surface area contributed by atoms with Crippen LogP contribution in [0, 0.1) is 12.3 Å². The SMILES string of the molecule is Cc1cc(=O)c(C(=N)N)nn1-c1ccc(C(F)(F)F)cc1. The molecule has 0 aliphatic heterocycles. The first kappa shape index (κ1) is 14.8. The number of amidine groups is 1. The van der Waals surface area contributed by atoms with Gasteiger partial charge in [0, 0.05) is 11.8 Å². The molecule has 0 saturated carbocycles. The topological polar surface area (TPSA) is 84.8 Å². The summed E-state index contributed by atoms with van der Waals surface area (Å²) >= 11 is 0. The van der Waals surface area contributed by atoms with E-state index in [2.05, 4.69) is 5.10 Å². The summed E-state index contributed by atoms with van der Waals surface area (Å²) in [5, 5.41) is 11.2. The Kier molecular flexibility index (Phi) is 3.54. The van der Waals surface area contributed by atoms with Gasteiger partial charge in [0.15, 0.2) is 5.69 Å². The monoisotopic (exact) mass is 296 g/mol. The van der Waals surface area contributed by atoms with Crippen molar-refractivity contribution in [2.45, 2.75) is 13.1 Å². The lowest BCUT2D eigenvalue weighted by atomic mass is 10.2. The van der Waals surface area contributed by atoms with Crippen LogP contribution in [0.25, 0.3) is 5.69 Å². The quantitative estimate of drug-likeness (QED) is 0.655. The number of hydrogen-bond donors (Lipinski definition) is 2. The molecule has 0 fully saturated rings. The summed E-state index contributed by atoms with van der Waals surface area (Å²) in [4.78, 5) is 11.6. The molecule has 2 rings (SSSR count). The lowest BCUT2D eigenvalue weighted by molar-refractivity contribution is -0.137. The smallest absolute Gasteiger partial charge is 0.382 e. The van der Waals surface area contributed by atoms with E-state index in [1.54, 1.807) is 6.92 Å². The second kappa shape index (κ2) is 5.04. The van der Waals surface area contributed by atoms with Crippen LogP contribution in [0.4, 0.5) is 13.2 Å². The number of nitrogens with two attached hydrogens (primary N) is 1. The Morgan fingerprint density at radius 2 is 1.86 bits per heavy atom. The highest BCUT2D eigenvalue weighted by atomic mass is 19.4. The number of nitrogen functional groups attached to an aromatic ring is 1. The van der Waals surface area contributed by atoms with E-state index >= 15 is 0 Å². The normalized spacial score (nSPS) is 11.4. The number of alkyl halides is 3. The summed E-state index contributed by atoms with van der Waals surface area (Å²) in [6, 6.07) is 5.53. The first-order valence-corrected chi connectivity index (χ1v) is 5.83. The van der Waals surface area contributed by atoms with Gasteiger partial charge in [0.05, 0.1) is 11.3 Å². The Morgan fingerprint density at radius 1 is 1.29 bits per heavy atom. The van der Waals surface area contributed by atoms with Crippen LogP contribution < -0.4 is 11.2 Å². The standard InChI is InChI=1S/C13H11F3N4O/c1-7-6-10(21)11(12(17)18)19-20(7)9-4-2-8(3-5-9)13(14,15)16/h2-6H,1H3,(H3,17,18). The Labute approximate surface area is 117 Å². The van der Waals surface area contributed by atoms with Crippen molar-refractivity contribution in [3.63, 3.8) is 0 Å². The summed E-state index contributed by atoms with van der Waals surface area (Å²) in [5.41, 5.74) is 4.47. The van der Waals surface area contributed by atoms with Gasteiger partial charge in [0.25, 0.3) is 0 Å². The van der Waals surface area contributed by atoms with Crippen LogP contribution in [-0.2, 0) is 6.18 Å². The van der Waals surface area contributed by atoms with Gasteiger partial charge in [-0.05, 0) is 31.2 Å². The van der Waals surface area contributed by atoms with E-state index in [1.807, 2.05) is 0 Å².